The van der Waals surface area contributed by atoms with Gasteiger partial charge in [0.2, 0.25) is 0 Å². The zero-order valence-corrected chi connectivity index (χ0v) is 8.38. The highest BCUT2D eigenvalue weighted by Gasteiger charge is 2.33. The Hall–Kier alpha value is -0.980. The Bertz CT molecular complexity index is 309. The molecule has 2 rings (SSSR count). The van der Waals surface area contributed by atoms with Gasteiger partial charge in [-0.15, -0.1) is 0 Å². The maximum Gasteiger partial charge on any atom is 0.00894 e. The van der Waals surface area contributed by atoms with Gasteiger partial charge in [-0.2, -0.15) is 0 Å². The van der Waals surface area contributed by atoms with Crippen LogP contribution in [0, 0.1) is 11.3 Å². The van der Waals surface area contributed by atoms with Crippen LogP contribution < -0.4 is 5.73 Å². The molecule has 70 valence electrons. The molecule has 2 aliphatic rings. The molecule has 0 radical (unpaired) electrons. The van der Waals surface area contributed by atoms with Gasteiger partial charge >= 0.3 is 0 Å². The average Bonchev–Trinajstić information content (AvgIpc) is 2.01. The number of nitrogens with two attached hydrogens (primary N) is 1. The average molecular weight is 175 g/mol. The number of fused-ring (bicyclic) bond motifs is 1. The summed E-state index contributed by atoms with van der Waals surface area (Å²) in [6.07, 6.45) is 11.0. The van der Waals surface area contributed by atoms with Crippen LogP contribution in [0.25, 0.3) is 0 Å². The molecule has 2 atom stereocenters. The first-order valence-corrected chi connectivity index (χ1v) is 4.95. The number of rotatable bonds is 0. The fourth-order valence-corrected chi connectivity index (χ4v) is 2.50. The van der Waals surface area contributed by atoms with Gasteiger partial charge in [-0.25, -0.2) is 0 Å². The van der Waals surface area contributed by atoms with Crippen LogP contribution in [-0.4, -0.2) is 0 Å². The monoisotopic (exact) mass is 175 g/mol. The number of allylic oxidation sites excluding steroid dienone is 6. The summed E-state index contributed by atoms with van der Waals surface area (Å²) in [5, 5.41) is 0. The Morgan fingerprint density at radius 3 is 3.00 bits per heavy atom. The molecule has 0 heterocycles. The molecule has 0 spiro atoms. The third-order valence-corrected chi connectivity index (χ3v) is 3.14. The van der Waals surface area contributed by atoms with Crippen LogP contribution in [0.15, 0.2) is 35.6 Å². The first-order chi connectivity index (χ1) is 6.10. The minimum atomic E-state index is 0.299. The van der Waals surface area contributed by atoms with Gasteiger partial charge in [0.25, 0.3) is 0 Å². The van der Waals surface area contributed by atoms with Crippen molar-refractivity contribution in [2.45, 2.75) is 26.7 Å². The highest BCUT2D eigenvalue weighted by molar-refractivity contribution is 5.38. The predicted octanol–water partition coefficient (Wildman–Crippen LogP) is 2.76. The van der Waals surface area contributed by atoms with Crippen molar-refractivity contribution in [1.82, 2.24) is 0 Å². The van der Waals surface area contributed by atoms with Gasteiger partial charge < -0.3 is 5.73 Å². The highest BCUT2D eigenvalue weighted by atomic mass is 14.6. The Kier molecular flexibility index (Phi) is 1.83. The maximum absolute atomic E-state index is 5.86. The minimum absolute atomic E-state index is 0.299. The van der Waals surface area contributed by atoms with Crippen LogP contribution in [0.4, 0.5) is 0 Å². The van der Waals surface area contributed by atoms with E-state index in [0.717, 1.165) is 12.1 Å². The van der Waals surface area contributed by atoms with E-state index >= 15 is 0 Å². The lowest BCUT2D eigenvalue weighted by molar-refractivity contribution is 0.315. The molecule has 13 heavy (non-hydrogen) atoms. The molecule has 1 heteroatoms. The summed E-state index contributed by atoms with van der Waals surface area (Å²) < 4.78 is 0. The largest absolute Gasteiger partial charge is 0.402 e. The van der Waals surface area contributed by atoms with Gasteiger partial charge in [-0.3, -0.25) is 0 Å². The van der Waals surface area contributed by atoms with Gasteiger partial charge in [0, 0.05) is 5.70 Å². The van der Waals surface area contributed by atoms with E-state index in [1.807, 2.05) is 6.08 Å². The molecular weight excluding hydrogens is 158 g/mol. The second kappa shape index (κ2) is 2.76. The first kappa shape index (κ1) is 8.61. The summed E-state index contributed by atoms with van der Waals surface area (Å²) in [5.41, 5.74) is 8.63. The third-order valence-electron chi connectivity index (χ3n) is 3.14. The lowest BCUT2D eigenvalue weighted by Crippen LogP contribution is -2.28. The third kappa shape index (κ3) is 1.43. The molecule has 2 aliphatic carbocycles. The molecule has 0 aromatic rings. The van der Waals surface area contributed by atoms with E-state index in [1.54, 1.807) is 0 Å². The maximum atomic E-state index is 5.86. The van der Waals surface area contributed by atoms with Gasteiger partial charge in [-0.1, -0.05) is 32.1 Å². The van der Waals surface area contributed by atoms with Crippen molar-refractivity contribution in [2.75, 3.05) is 0 Å². The van der Waals surface area contributed by atoms with Crippen molar-refractivity contribution in [2.24, 2.45) is 17.1 Å². The van der Waals surface area contributed by atoms with Crippen LogP contribution in [0.2, 0.25) is 0 Å². The molecule has 0 fully saturated rings. The SMILES string of the molecule is CC1C=CC2=CC=C(N)CC2(C)C1. The fraction of sp³-hybridized carbons (Fsp3) is 0.500. The Morgan fingerprint density at radius 1 is 1.46 bits per heavy atom. The Labute approximate surface area is 80.0 Å². The normalized spacial score (nSPS) is 37.8. The molecule has 0 aliphatic heterocycles. The molecular formula is C12H17N. The molecule has 0 bridgehead atoms. The molecule has 1 nitrogen and oxygen atoms in total. The summed E-state index contributed by atoms with van der Waals surface area (Å²) in [6.45, 7) is 4.59. The van der Waals surface area contributed by atoms with E-state index < -0.39 is 0 Å². The van der Waals surface area contributed by atoms with Crippen LogP contribution in [0.1, 0.15) is 26.7 Å². The lowest BCUT2D eigenvalue weighted by Gasteiger charge is -2.38. The summed E-state index contributed by atoms with van der Waals surface area (Å²) in [6, 6.07) is 0. The quantitative estimate of drug-likeness (QED) is 0.602. The number of hydrogen-bond donors (Lipinski definition) is 1. The molecule has 2 N–H and O–H groups in total. The van der Waals surface area contributed by atoms with Crippen LogP contribution in [0.5, 0.6) is 0 Å². The smallest absolute Gasteiger partial charge is 0.00894 e. The molecule has 0 aromatic heterocycles. The zero-order chi connectivity index (χ0) is 9.47. The lowest BCUT2D eigenvalue weighted by atomic mass is 9.67. The van der Waals surface area contributed by atoms with Crippen molar-refractivity contribution in [3.05, 3.63) is 35.6 Å². The van der Waals surface area contributed by atoms with Crippen LogP contribution in [-0.2, 0) is 0 Å². The minimum Gasteiger partial charge on any atom is -0.402 e. The topological polar surface area (TPSA) is 26.0 Å². The summed E-state index contributed by atoms with van der Waals surface area (Å²) in [5.74, 6) is 0.688. The summed E-state index contributed by atoms with van der Waals surface area (Å²) in [7, 11) is 0. The molecule has 0 saturated heterocycles. The van der Waals surface area contributed by atoms with Gasteiger partial charge in [0.1, 0.15) is 0 Å². The number of hydrogen-bond acceptors (Lipinski definition) is 1. The van der Waals surface area contributed by atoms with E-state index in [9.17, 15) is 0 Å². The predicted molar refractivity (Wildman–Crippen MR) is 56.0 cm³/mol. The molecule has 0 aromatic carbocycles. The van der Waals surface area contributed by atoms with Gasteiger partial charge in [-0.05, 0) is 35.8 Å². The highest BCUT2D eigenvalue weighted by Crippen LogP contribution is 2.45. The van der Waals surface area contributed by atoms with E-state index in [-0.39, 0.29) is 0 Å². The van der Waals surface area contributed by atoms with Crippen molar-refractivity contribution in [1.29, 1.82) is 0 Å². The van der Waals surface area contributed by atoms with Crippen LogP contribution in [0.3, 0.4) is 0 Å². The van der Waals surface area contributed by atoms with E-state index in [2.05, 4.69) is 32.1 Å². The van der Waals surface area contributed by atoms with Gasteiger partial charge in [0.05, 0.1) is 0 Å². The van der Waals surface area contributed by atoms with Crippen molar-refractivity contribution in [3.8, 4) is 0 Å². The van der Waals surface area contributed by atoms with Crippen molar-refractivity contribution >= 4 is 0 Å². The van der Waals surface area contributed by atoms with Crippen molar-refractivity contribution < 1.29 is 0 Å². The summed E-state index contributed by atoms with van der Waals surface area (Å²) in [4.78, 5) is 0. The van der Waals surface area contributed by atoms with E-state index in [1.165, 1.54) is 12.0 Å². The second-order valence-electron chi connectivity index (χ2n) is 4.64. The Balaban J connectivity index is 2.37. The zero-order valence-electron chi connectivity index (χ0n) is 8.38. The molecule has 0 saturated carbocycles. The van der Waals surface area contributed by atoms with E-state index in [4.69, 9.17) is 5.73 Å². The first-order valence-electron chi connectivity index (χ1n) is 4.95. The molecule has 0 amide bonds. The van der Waals surface area contributed by atoms with E-state index in [0.29, 0.717) is 11.3 Å². The van der Waals surface area contributed by atoms with Crippen LogP contribution >= 0.6 is 0 Å². The van der Waals surface area contributed by atoms with Gasteiger partial charge in [0.15, 0.2) is 0 Å². The standard InChI is InChI=1S/C12H17N/c1-9-3-4-10-5-6-11(13)8-12(10,2)7-9/h3-6,9H,7-8,13H2,1-2H3. The second-order valence-corrected chi connectivity index (χ2v) is 4.64. The Morgan fingerprint density at radius 2 is 2.23 bits per heavy atom. The fourth-order valence-electron chi connectivity index (χ4n) is 2.50. The molecule has 2 unspecified atom stereocenters. The van der Waals surface area contributed by atoms with Crippen molar-refractivity contribution in [3.63, 3.8) is 0 Å². The summed E-state index contributed by atoms with van der Waals surface area (Å²) >= 11 is 0.